The van der Waals surface area contributed by atoms with Crippen LogP contribution in [0.2, 0.25) is 0 Å². The Kier molecular flexibility index (Phi) is 4.58. The fourth-order valence-electron chi connectivity index (χ4n) is 2.59. The third-order valence-corrected chi connectivity index (χ3v) is 3.75. The minimum absolute atomic E-state index is 0.352. The summed E-state index contributed by atoms with van der Waals surface area (Å²) in [6.45, 7) is 7.26. The molecule has 1 saturated heterocycles. The molecule has 19 heavy (non-hydrogen) atoms. The molecule has 2 heterocycles. The minimum Gasteiger partial charge on any atom is -0.367 e. The summed E-state index contributed by atoms with van der Waals surface area (Å²) >= 11 is 0. The van der Waals surface area contributed by atoms with Gasteiger partial charge in [-0.3, -0.25) is 0 Å². The quantitative estimate of drug-likeness (QED) is 0.856. The summed E-state index contributed by atoms with van der Waals surface area (Å²) in [5.74, 6) is 2.04. The highest BCUT2D eigenvalue weighted by Gasteiger charge is 2.36. The van der Waals surface area contributed by atoms with Gasteiger partial charge in [0.25, 0.3) is 0 Å². The van der Waals surface area contributed by atoms with E-state index in [1.807, 2.05) is 14.0 Å². The molecule has 0 bridgehead atoms. The first-order valence-corrected chi connectivity index (χ1v) is 7.18. The summed E-state index contributed by atoms with van der Waals surface area (Å²) in [7, 11) is 1.98. The van der Waals surface area contributed by atoms with Gasteiger partial charge in [0.1, 0.15) is 5.60 Å². The number of hydrogen-bond donors (Lipinski definition) is 1. The maximum Gasteiger partial charge on any atom is 0.228 e. The number of nitrogens with one attached hydrogen (secondary N) is 1. The van der Waals surface area contributed by atoms with Crippen molar-refractivity contribution in [2.45, 2.75) is 58.1 Å². The molecule has 1 aliphatic rings. The fourth-order valence-corrected chi connectivity index (χ4v) is 2.59. The Morgan fingerprint density at radius 1 is 1.42 bits per heavy atom. The average Bonchev–Trinajstić information content (AvgIpc) is 2.97. The highest BCUT2D eigenvalue weighted by atomic mass is 16.5. The Morgan fingerprint density at radius 2 is 2.21 bits per heavy atom. The lowest BCUT2D eigenvalue weighted by molar-refractivity contribution is 0.00768. The summed E-state index contributed by atoms with van der Waals surface area (Å²) < 4.78 is 11.1. The molecule has 1 aromatic heterocycles. The van der Waals surface area contributed by atoms with Gasteiger partial charge in [0.15, 0.2) is 0 Å². The smallest absolute Gasteiger partial charge is 0.228 e. The predicted octanol–water partition coefficient (Wildman–Crippen LogP) is 2.27. The highest BCUT2D eigenvalue weighted by molar-refractivity contribution is 5.02. The molecule has 2 unspecified atom stereocenters. The number of rotatable bonds is 6. The molecule has 0 radical (unpaired) electrons. The van der Waals surface area contributed by atoms with E-state index in [1.54, 1.807) is 0 Å². The van der Waals surface area contributed by atoms with E-state index in [0.29, 0.717) is 23.7 Å². The first-order chi connectivity index (χ1) is 9.03. The molecule has 1 N–H and O–H groups in total. The van der Waals surface area contributed by atoms with Gasteiger partial charge in [0, 0.05) is 19.1 Å². The van der Waals surface area contributed by atoms with Crippen LogP contribution in [0.5, 0.6) is 0 Å². The van der Waals surface area contributed by atoms with Gasteiger partial charge in [-0.25, -0.2) is 0 Å². The second-order valence-corrected chi connectivity index (χ2v) is 6.01. The van der Waals surface area contributed by atoms with Crippen molar-refractivity contribution < 1.29 is 9.26 Å². The van der Waals surface area contributed by atoms with Crippen LogP contribution < -0.4 is 5.32 Å². The molecule has 1 aliphatic heterocycles. The molecule has 2 atom stereocenters. The van der Waals surface area contributed by atoms with Crippen molar-refractivity contribution in [2.75, 3.05) is 13.7 Å². The van der Waals surface area contributed by atoms with Gasteiger partial charge in [-0.15, -0.1) is 0 Å². The molecular formula is C14H25N3O2. The van der Waals surface area contributed by atoms with Crippen molar-refractivity contribution in [3.05, 3.63) is 11.7 Å². The molecule has 5 nitrogen and oxygen atoms in total. The molecule has 108 valence electrons. The first kappa shape index (κ1) is 14.5. The van der Waals surface area contributed by atoms with Crippen LogP contribution in [0.15, 0.2) is 4.52 Å². The van der Waals surface area contributed by atoms with Gasteiger partial charge in [-0.05, 0) is 39.2 Å². The Morgan fingerprint density at radius 3 is 2.79 bits per heavy atom. The number of hydrogen-bond acceptors (Lipinski definition) is 5. The van der Waals surface area contributed by atoms with Gasteiger partial charge < -0.3 is 14.6 Å². The van der Waals surface area contributed by atoms with Crippen molar-refractivity contribution in [3.63, 3.8) is 0 Å². The van der Waals surface area contributed by atoms with Crippen molar-refractivity contribution in [3.8, 4) is 0 Å². The fraction of sp³-hybridized carbons (Fsp3) is 0.857. The summed E-state index contributed by atoms with van der Waals surface area (Å²) in [6.07, 6.45) is 3.90. The maximum atomic E-state index is 5.74. The first-order valence-electron chi connectivity index (χ1n) is 7.18. The molecule has 1 aromatic rings. The van der Waals surface area contributed by atoms with E-state index in [1.165, 1.54) is 0 Å². The molecular weight excluding hydrogens is 242 g/mol. The van der Waals surface area contributed by atoms with Crippen LogP contribution in [0.1, 0.15) is 51.7 Å². The van der Waals surface area contributed by atoms with E-state index in [0.717, 1.165) is 32.3 Å². The lowest BCUT2D eigenvalue weighted by Gasteiger charge is -2.18. The number of aromatic nitrogens is 2. The van der Waals surface area contributed by atoms with Crippen molar-refractivity contribution in [2.24, 2.45) is 5.92 Å². The van der Waals surface area contributed by atoms with Crippen LogP contribution in [-0.2, 0) is 16.8 Å². The van der Waals surface area contributed by atoms with E-state index in [9.17, 15) is 0 Å². The minimum atomic E-state index is -0.352. The van der Waals surface area contributed by atoms with Crippen LogP contribution in [0.3, 0.4) is 0 Å². The Bertz CT molecular complexity index is 397. The molecule has 1 fully saturated rings. The predicted molar refractivity (Wildman–Crippen MR) is 72.8 cm³/mol. The average molecular weight is 267 g/mol. The third-order valence-electron chi connectivity index (χ3n) is 3.75. The lowest BCUT2D eigenvalue weighted by atomic mass is 10.0. The number of likely N-dealkylation sites (N-methyl/N-ethyl adjacent to an activating group) is 1. The van der Waals surface area contributed by atoms with E-state index in [4.69, 9.17) is 9.26 Å². The lowest BCUT2D eigenvalue weighted by Crippen LogP contribution is -2.29. The van der Waals surface area contributed by atoms with Crippen molar-refractivity contribution in [1.82, 2.24) is 15.5 Å². The summed E-state index contributed by atoms with van der Waals surface area (Å²) in [5, 5.41) is 7.41. The molecule has 0 amide bonds. The molecule has 0 spiro atoms. The van der Waals surface area contributed by atoms with Gasteiger partial charge in [-0.2, -0.15) is 4.98 Å². The Labute approximate surface area is 115 Å². The second kappa shape index (κ2) is 6.01. The normalized spacial score (nSPS) is 25.1. The molecule has 5 heteroatoms. The molecule has 2 rings (SSSR count). The summed E-state index contributed by atoms with van der Waals surface area (Å²) in [5.41, 5.74) is -0.352. The van der Waals surface area contributed by atoms with E-state index >= 15 is 0 Å². The standard InChI is InChI=1S/C14H25N3O2/c1-10(2)8-11(15-4)9-12-16-13(17-19-12)14(3)6-5-7-18-14/h10-11,15H,5-9H2,1-4H3. The van der Waals surface area contributed by atoms with E-state index in [2.05, 4.69) is 29.3 Å². The van der Waals surface area contributed by atoms with Crippen LogP contribution in [0, 0.1) is 5.92 Å². The van der Waals surface area contributed by atoms with Crippen LogP contribution >= 0.6 is 0 Å². The second-order valence-electron chi connectivity index (χ2n) is 6.01. The molecule has 0 saturated carbocycles. The zero-order chi connectivity index (χ0) is 13.9. The van der Waals surface area contributed by atoms with Gasteiger partial charge in [0.2, 0.25) is 11.7 Å². The van der Waals surface area contributed by atoms with Crippen LogP contribution in [0.25, 0.3) is 0 Å². The Hall–Kier alpha value is -0.940. The number of ether oxygens (including phenoxy) is 1. The summed E-state index contributed by atoms with van der Waals surface area (Å²) in [6, 6.07) is 0.380. The summed E-state index contributed by atoms with van der Waals surface area (Å²) in [4.78, 5) is 4.52. The maximum absolute atomic E-state index is 5.74. The van der Waals surface area contributed by atoms with Crippen molar-refractivity contribution in [1.29, 1.82) is 0 Å². The van der Waals surface area contributed by atoms with E-state index < -0.39 is 0 Å². The highest BCUT2D eigenvalue weighted by Crippen LogP contribution is 2.33. The van der Waals surface area contributed by atoms with Gasteiger partial charge >= 0.3 is 0 Å². The van der Waals surface area contributed by atoms with Gasteiger partial charge in [-0.1, -0.05) is 19.0 Å². The Balaban J connectivity index is 2.00. The van der Waals surface area contributed by atoms with Crippen LogP contribution in [0.4, 0.5) is 0 Å². The van der Waals surface area contributed by atoms with Gasteiger partial charge in [0.05, 0.1) is 0 Å². The topological polar surface area (TPSA) is 60.2 Å². The zero-order valence-corrected chi connectivity index (χ0v) is 12.4. The van der Waals surface area contributed by atoms with Crippen LogP contribution in [-0.4, -0.2) is 29.8 Å². The SMILES string of the molecule is CNC(Cc1nc(C2(C)CCCO2)no1)CC(C)C. The monoisotopic (exact) mass is 267 g/mol. The van der Waals surface area contributed by atoms with E-state index in [-0.39, 0.29) is 5.60 Å². The zero-order valence-electron chi connectivity index (χ0n) is 12.4. The van der Waals surface area contributed by atoms with Crippen molar-refractivity contribution >= 4 is 0 Å². The molecule has 0 aliphatic carbocycles. The molecule has 0 aromatic carbocycles. The third kappa shape index (κ3) is 3.54. The largest absolute Gasteiger partial charge is 0.367 e. The number of nitrogens with zero attached hydrogens (tertiary/aromatic N) is 2.